The molecule has 20 heavy (non-hydrogen) atoms. The van der Waals surface area contributed by atoms with Crippen molar-refractivity contribution in [3.05, 3.63) is 46.2 Å². The van der Waals surface area contributed by atoms with Crippen LogP contribution in [-0.2, 0) is 16.0 Å². The van der Waals surface area contributed by atoms with Crippen LogP contribution in [0.15, 0.2) is 24.3 Å². The number of esters is 1. The van der Waals surface area contributed by atoms with Crippen LogP contribution in [0, 0.1) is 13.8 Å². The Kier molecular flexibility index (Phi) is 4.45. The third-order valence-corrected chi connectivity index (χ3v) is 3.47. The predicted octanol–water partition coefficient (Wildman–Crippen LogP) is 3.25. The molecule has 1 heterocycles. The van der Waals surface area contributed by atoms with E-state index in [1.807, 2.05) is 38.1 Å². The second-order valence-corrected chi connectivity index (χ2v) is 4.90. The summed E-state index contributed by atoms with van der Waals surface area (Å²) < 4.78 is 6.76. The Bertz CT molecular complexity index is 635. The summed E-state index contributed by atoms with van der Waals surface area (Å²) in [5, 5.41) is 5.10. The minimum atomic E-state index is -0.239. The molecule has 2 aromatic rings. The Hall–Kier alpha value is -1.81. The minimum absolute atomic E-state index is 0.232. The summed E-state index contributed by atoms with van der Waals surface area (Å²) >= 11 is 6.20. The molecule has 106 valence electrons. The number of carbonyl (C=O) groups excluding carboxylic acids is 1. The van der Waals surface area contributed by atoms with Gasteiger partial charge in [0.05, 0.1) is 29.4 Å². The van der Waals surface area contributed by atoms with Crippen molar-refractivity contribution in [2.75, 3.05) is 6.61 Å². The molecule has 0 fully saturated rings. The lowest BCUT2D eigenvalue weighted by Gasteiger charge is -2.07. The van der Waals surface area contributed by atoms with E-state index in [0.29, 0.717) is 11.6 Å². The quantitative estimate of drug-likeness (QED) is 0.813. The van der Waals surface area contributed by atoms with Gasteiger partial charge in [0.25, 0.3) is 0 Å². The number of para-hydroxylation sites is 1. The number of ether oxygens (including phenoxy) is 1. The molecule has 0 spiro atoms. The van der Waals surface area contributed by atoms with E-state index in [4.69, 9.17) is 16.3 Å². The fourth-order valence-corrected chi connectivity index (χ4v) is 2.36. The largest absolute Gasteiger partial charge is 0.466 e. The van der Waals surface area contributed by atoms with Gasteiger partial charge in [-0.05, 0) is 32.9 Å². The molecule has 0 aliphatic rings. The first kappa shape index (κ1) is 14.6. The van der Waals surface area contributed by atoms with Crippen LogP contribution in [0.3, 0.4) is 0 Å². The van der Waals surface area contributed by atoms with Gasteiger partial charge in [-0.2, -0.15) is 5.10 Å². The van der Waals surface area contributed by atoms with Gasteiger partial charge in [0.15, 0.2) is 0 Å². The zero-order valence-corrected chi connectivity index (χ0v) is 12.6. The molecule has 0 saturated heterocycles. The predicted molar refractivity (Wildman–Crippen MR) is 78.4 cm³/mol. The van der Waals surface area contributed by atoms with E-state index < -0.39 is 0 Å². The van der Waals surface area contributed by atoms with E-state index >= 15 is 0 Å². The van der Waals surface area contributed by atoms with Crippen LogP contribution in [-0.4, -0.2) is 22.4 Å². The maximum atomic E-state index is 11.6. The fourth-order valence-electron chi connectivity index (χ4n) is 2.15. The van der Waals surface area contributed by atoms with Gasteiger partial charge in [-0.25, -0.2) is 4.68 Å². The number of aryl methyl sites for hydroxylation is 1. The van der Waals surface area contributed by atoms with E-state index in [2.05, 4.69) is 5.10 Å². The lowest BCUT2D eigenvalue weighted by Crippen LogP contribution is -2.09. The Balaban J connectivity index is 2.39. The molecule has 0 amide bonds. The van der Waals surface area contributed by atoms with E-state index in [1.165, 1.54) is 0 Å². The van der Waals surface area contributed by atoms with Crippen LogP contribution in [0.4, 0.5) is 0 Å². The van der Waals surface area contributed by atoms with Gasteiger partial charge in [0, 0.05) is 11.3 Å². The van der Waals surface area contributed by atoms with E-state index in [-0.39, 0.29) is 12.4 Å². The number of aromatic nitrogens is 2. The highest BCUT2D eigenvalue weighted by atomic mass is 35.5. The van der Waals surface area contributed by atoms with Crippen molar-refractivity contribution in [3.63, 3.8) is 0 Å². The standard InChI is InChI=1S/C15H17ClN2O2/c1-4-20-15(19)9-12-10(2)17-18(11(12)3)14-8-6-5-7-13(14)16/h5-8H,4,9H2,1-3H3. The van der Waals surface area contributed by atoms with Crippen LogP contribution in [0.25, 0.3) is 5.69 Å². The lowest BCUT2D eigenvalue weighted by molar-refractivity contribution is -0.142. The van der Waals surface area contributed by atoms with Gasteiger partial charge in [-0.3, -0.25) is 4.79 Å². The third kappa shape index (κ3) is 2.85. The smallest absolute Gasteiger partial charge is 0.310 e. The topological polar surface area (TPSA) is 44.1 Å². The second kappa shape index (κ2) is 6.09. The number of hydrogen-bond acceptors (Lipinski definition) is 3. The molecule has 0 atom stereocenters. The summed E-state index contributed by atoms with van der Waals surface area (Å²) in [5.74, 6) is -0.239. The highest BCUT2D eigenvalue weighted by Gasteiger charge is 2.17. The zero-order chi connectivity index (χ0) is 14.7. The van der Waals surface area contributed by atoms with E-state index in [9.17, 15) is 4.79 Å². The summed E-state index contributed by atoms with van der Waals surface area (Å²) in [6.07, 6.45) is 0.232. The number of nitrogens with zero attached hydrogens (tertiary/aromatic N) is 2. The van der Waals surface area contributed by atoms with Gasteiger partial charge in [-0.1, -0.05) is 23.7 Å². The van der Waals surface area contributed by atoms with Crippen molar-refractivity contribution >= 4 is 17.6 Å². The van der Waals surface area contributed by atoms with Crippen molar-refractivity contribution in [2.24, 2.45) is 0 Å². The normalized spacial score (nSPS) is 10.6. The van der Waals surface area contributed by atoms with E-state index in [0.717, 1.165) is 22.6 Å². The van der Waals surface area contributed by atoms with Gasteiger partial charge < -0.3 is 4.74 Å². The molecule has 0 bridgehead atoms. The summed E-state index contributed by atoms with van der Waals surface area (Å²) in [4.78, 5) is 11.6. The fraction of sp³-hybridized carbons (Fsp3) is 0.333. The van der Waals surface area contributed by atoms with Gasteiger partial charge in [-0.15, -0.1) is 0 Å². The third-order valence-electron chi connectivity index (χ3n) is 3.15. The average Bonchev–Trinajstić information content (AvgIpc) is 2.68. The van der Waals surface area contributed by atoms with Crippen molar-refractivity contribution < 1.29 is 9.53 Å². The molecule has 0 aliphatic carbocycles. The second-order valence-electron chi connectivity index (χ2n) is 4.49. The van der Waals surface area contributed by atoms with E-state index in [1.54, 1.807) is 11.6 Å². The number of carbonyl (C=O) groups is 1. The molecule has 0 radical (unpaired) electrons. The molecule has 5 heteroatoms. The number of hydrogen-bond donors (Lipinski definition) is 0. The van der Waals surface area contributed by atoms with Crippen LogP contribution in [0.5, 0.6) is 0 Å². The van der Waals surface area contributed by atoms with Crippen LogP contribution < -0.4 is 0 Å². The first-order chi connectivity index (χ1) is 9.54. The summed E-state index contributed by atoms with van der Waals surface area (Å²) in [6.45, 7) is 5.99. The van der Waals surface area contributed by atoms with Crippen LogP contribution in [0.1, 0.15) is 23.9 Å². The molecule has 0 aliphatic heterocycles. The number of halogens is 1. The molecular formula is C15H17ClN2O2. The molecule has 4 nitrogen and oxygen atoms in total. The Morgan fingerprint density at radius 3 is 2.70 bits per heavy atom. The summed E-state index contributed by atoms with van der Waals surface area (Å²) in [5.41, 5.74) is 3.42. The van der Waals surface area contributed by atoms with Crippen molar-refractivity contribution in [3.8, 4) is 5.69 Å². The molecule has 1 aromatic carbocycles. The highest BCUT2D eigenvalue weighted by Crippen LogP contribution is 2.24. The van der Waals surface area contributed by atoms with Crippen LogP contribution >= 0.6 is 11.6 Å². The van der Waals surface area contributed by atoms with Gasteiger partial charge in [0.2, 0.25) is 0 Å². The maximum Gasteiger partial charge on any atom is 0.310 e. The Morgan fingerprint density at radius 2 is 2.05 bits per heavy atom. The Labute approximate surface area is 123 Å². The minimum Gasteiger partial charge on any atom is -0.466 e. The van der Waals surface area contributed by atoms with Gasteiger partial charge >= 0.3 is 5.97 Å². The van der Waals surface area contributed by atoms with Crippen molar-refractivity contribution in [1.29, 1.82) is 0 Å². The first-order valence-electron chi connectivity index (χ1n) is 6.50. The Morgan fingerprint density at radius 1 is 1.35 bits per heavy atom. The van der Waals surface area contributed by atoms with Gasteiger partial charge in [0.1, 0.15) is 0 Å². The zero-order valence-electron chi connectivity index (χ0n) is 11.8. The molecule has 0 N–H and O–H groups in total. The molecule has 0 saturated carbocycles. The lowest BCUT2D eigenvalue weighted by atomic mass is 10.1. The SMILES string of the molecule is CCOC(=O)Cc1c(C)nn(-c2ccccc2Cl)c1C. The number of benzene rings is 1. The maximum absolute atomic E-state index is 11.6. The monoisotopic (exact) mass is 292 g/mol. The van der Waals surface area contributed by atoms with Crippen LogP contribution in [0.2, 0.25) is 5.02 Å². The van der Waals surface area contributed by atoms with Crippen molar-refractivity contribution in [2.45, 2.75) is 27.2 Å². The summed E-state index contributed by atoms with van der Waals surface area (Å²) in [7, 11) is 0. The molecule has 0 unspecified atom stereocenters. The average molecular weight is 293 g/mol. The first-order valence-corrected chi connectivity index (χ1v) is 6.88. The molecule has 2 rings (SSSR count). The summed E-state index contributed by atoms with van der Waals surface area (Å²) in [6, 6.07) is 7.49. The van der Waals surface area contributed by atoms with Crippen molar-refractivity contribution in [1.82, 2.24) is 9.78 Å². The highest BCUT2D eigenvalue weighted by molar-refractivity contribution is 6.32. The molecular weight excluding hydrogens is 276 g/mol. The number of rotatable bonds is 4. The molecule has 1 aromatic heterocycles.